The van der Waals surface area contributed by atoms with Gasteiger partial charge in [-0.15, -0.1) is 0 Å². The van der Waals surface area contributed by atoms with Crippen molar-refractivity contribution in [2.45, 2.75) is 20.1 Å². The van der Waals surface area contributed by atoms with Crippen LogP contribution in [0.2, 0.25) is 0 Å². The maximum absolute atomic E-state index is 5.19. The van der Waals surface area contributed by atoms with Crippen LogP contribution in [0.1, 0.15) is 13.8 Å². The van der Waals surface area contributed by atoms with Gasteiger partial charge in [0.25, 0.3) is 0 Å². The van der Waals surface area contributed by atoms with Crippen LogP contribution < -0.4 is 0 Å². The molecule has 0 amide bonds. The number of hydrogen-bond donors (Lipinski definition) is 0. The number of rotatable bonds is 3. The quantitative estimate of drug-likeness (QED) is 0.513. The fourth-order valence-corrected chi connectivity index (χ4v) is 0.435. The third-order valence-electron chi connectivity index (χ3n) is 0.918. The Bertz CT molecular complexity index is 64.9. The van der Waals surface area contributed by atoms with E-state index in [2.05, 4.69) is 13.8 Å². The lowest BCUT2D eigenvalue weighted by atomic mass is 10.2. The van der Waals surface area contributed by atoms with Gasteiger partial charge in [-0.25, -0.2) is 0 Å². The molecular formula is C6H12O2. The number of ether oxygens (including phenoxy) is 2. The Morgan fingerprint density at radius 1 is 1.75 bits per heavy atom. The van der Waals surface area contributed by atoms with Gasteiger partial charge in [-0.1, -0.05) is 13.8 Å². The van der Waals surface area contributed by atoms with E-state index in [-0.39, 0.29) is 6.29 Å². The highest BCUT2D eigenvalue weighted by molar-refractivity contribution is 4.55. The molecule has 0 saturated carbocycles. The lowest BCUT2D eigenvalue weighted by molar-refractivity contribution is 0.0343. The molecule has 1 aliphatic heterocycles. The fourth-order valence-electron chi connectivity index (χ4n) is 0.435. The zero-order chi connectivity index (χ0) is 5.98. The molecule has 0 aliphatic carbocycles. The van der Waals surface area contributed by atoms with E-state index in [1.807, 2.05) is 0 Å². The molecule has 1 heterocycles. The zero-order valence-corrected chi connectivity index (χ0v) is 5.39. The summed E-state index contributed by atoms with van der Waals surface area (Å²) in [5.74, 6) is 0.624. The summed E-state index contributed by atoms with van der Waals surface area (Å²) in [4.78, 5) is 0. The first-order chi connectivity index (χ1) is 3.79. The van der Waals surface area contributed by atoms with Crippen molar-refractivity contribution in [3.8, 4) is 0 Å². The van der Waals surface area contributed by atoms with Crippen LogP contribution in [-0.4, -0.2) is 19.5 Å². The molecule has 0 aromatic rings. The monoisotopic (exact) mass is 116 g/mol. The van der Waals surface area contributed by atoms with Crippen molar-refractivity contribution >= 4 is 0 Å². The molecule has 1 atom stereocenters. The van der Waals surface area contributed by atoms with E-state index < -0.39 is 0 Å². The van der Waals surface area contributed by atoms with Gasteiger partial charge >= 0.3 is 0 Å². The second-order valence-electron chi connectivity index (χ2n) is 2.49. The summed E-state index contributed by atoms with van der Waals surface area (Å²) >= 11 is 0. The van der Waals surface area contributed by atoms with E-state index in [0.29, 0.717) is 5.92 Å². The molecular weight excluding hydrogens is 104 g/mol. The molecule has 1 saturated heterocycles. The van der Waals surface area contributed by atoms with Crippen molar-refractivity contribution in [1.82, 2.24) is 0 Å². The van der Waals surface area contributed by atoms with Crippen LogP contribution in [0.15, 0.2) is 0 Å². The Labute approximate surface area is 49.8 Å². The number of hydrogen-bond acceptors (Lipinski definition) is 2. The molecule has 0 aromatic carbocycles. The van der Waals surface area contributed by atoms with Crippen molar-refractivity contribution in [2.24, 2.45) is 5.92 Å². The molecule has 1 aliphatic rings. The third kappa shape index (κ3) is 2.28. The first kappa shape index (κ1) is 6.05. The van der Waals surface area contributed by atoms with Crippen LogP contribution in [-0.2, 0) is 9.47 Å². The Morgan fingerprint density at radius 2 is 2.38 bits per heavy atom. The van der Waals surface area contributed by atoms with Gasteiger partial charge in [0.05, 0.1) is 6.61 Å². The highest BCUT2D eigenvalue weighted by Gasteiger charge is 2.22. The van der Waals surface area contributed by atoms with Gasteiger partial charge in [0.1, 0.15) is 6.61 Å². The Morgan fingerprint density at radius 3 is 2.75 bits per heavy atom. The first-order valence-electron chi connectivity index (χ1n) is 3.02. The SMILES string of the molecule is CC(C)COC1CO1. The summed E-state index contributed by atoms with van der Waals surface area (Å²) in [6, 6.07) is 0. The average molecular weight is 116 g/mol. The predicted octanol–water partition coefficient (Wildman–Crippen LogP) is 1.02. The Balaban J connectivity index is 1.87. The van der Waals surface area contributed by atoms with Crippen molar-refractivity contribution in [2.75, 3.05) is 13.2 Å². The van der Waals surface area contributed by atoms with Gasteiger partial charge in [-0.05, 0) is 5.92 Å². The smallest absolute Gasteiger partial charge is 0.181 e. The van der Waals surface area contributed by atoms with Crippen molar-refractivity contribution < 1.29 is 9.47 Å². The summed E-state index contributed by atoms with van der Waals surface area (Å²) in [5, 5.41) is 0. The second kappa shape index (κ2) is 2.46. The summed E-state index contributed by atoms with van der Waals surface area (Å²) in [5.41, 5.74) is 0. The van der Waals surface area contributed by atoms with Crippen LogP contribution in [0.3, 0.4) is 0 Å². The predicted molar refractivity (Wildman–Crippen MR) is 30.5 cm³/mol. The van der Waals surface area contributed by atoms with E-state index in [0.717, 1.165) is 13.2 Å². The van der Waals surface area contributed by atoms with Crippen molar-refractivity contribution in [1.29, 1.82) is 0 Å². The van der Waals surface area contributed by atoms with Gasteiger partial charge < -0.3 is 9.47 Å². The minimum atomic E-state index is 0.136. The summed E-state index contributed by atoms with van der Waals surface area (Å²) in [6.45, 7) is 5.88. The third-order valence-corrected chi connectivity index (χ3v) is 0.918. The van der Waals surface area contributed by atoms with Crippen LogP contribution >= 0.6 is 0 Å². The summed E-state index contributed by atoms with van der Waals surface area (Å²) in [7, 11) is 0. The van der Waals surface area contributed by atoms with Gasteiger partial charge in [0.15, 0.2) is 6.29 Å². The molecule has 0 bridgehead atoms. The van der Waals surface area contributed by atoms with Gasteiger partial charge in [0, 0.05) is 0 Å². The minimum Gasteiger partial charge on any atom is -0.350 e. The highest BCUT2D eigenvalue weighted by Crippen LogP contribution is 2.11. The second-order valence-corrected chi connectivity index (χ2v) is 2.49. The van der Waals surface area contributed by atoms with Crippen molar-refractivity contribution in [3.63, 3.8) is 0 Å². The molecule has 1 unspecified atom stereocenters. The molecule has 1 fully saturated rings. The van der Waals surface area contributed by atoms with E-state index in [1.165, 1.54) is 0 Å². The normalized spacial score (nSPS) is 26.6. The summed E-state index contributed by atoms with van der Waals surface area (Å²) < 4.78 is 10.0. The molecule has 2 heteroatoms. The van der Waals surface area contributed by atoms with E-state index >= 15 is 0 Å². The van der Waals surface area contributed by atoms with Crippen molar-refractivity contribution in [3.05, 3.63) is 0 Å². The van der Waals surface area contributed by atoms with E-state index in [9.17, 15) is 0 Å². The van der Waals surface area contributed by atoms with E-state index in [4.69, 9.17) is 9.47 Å². The Kier molecular flexibility index (Phi) is 1.86. The lowest BCUT2D eigenvalue weighted by Crippen LogP contribution is -2.03. The largest absolute Gasteiger partial charge is 0.350 e. The molecule has 0 N–H and O–H groups in total. The van der Waals surface area contributed by atoms with Crippen LogP contribution in [0.4, 0.5) is 0 Å². The standard InChI is InChI=1S/C6H12O2/c1-5(2)3-7-6-4-8-6/h5-6H,3-4H2,1-2H3. The van der Waals surface area contributed by atoms with Crippen LogP contribution in [0.5, 0.6) is 0 Å². The molecule has 0 radical (unpaired) electrons. The maximum atomic E-state index is 5.19. The minimum absolute atomic E-state index is 0.136. The summed E-state index contributed by atoms with van der Waals surface area (Å²) in [6.07, 6.45) is 0.136. The lowest BCUT2D eigenvalue weighted by Gasteiger charge is -2.01. The average Bonchev–Trinajstić information content (AvgIpc) is 2.41. The van der Waals surface area contributed by atoms with E-state index in [1.54, 1.807) is 0 Å². The fraction of sp³-hybridized carbons (Fsp3) is 1.00. The molecule has 1 rings (SSSR count). The van der Waals surface area contributed by atoms with Crippen LogP contribution in [0.25, 0.3) is 0 Å². The molecule has 0 aromatic heterocycles. The number of epoxide rings is 1. The molecule has 0 spiro atoms. The topological polar surface area (TPSA) is 21.8 Å². The Hall–Kier alpha value is -0.0800. The molecule has 48 valence electrons. The zero-order valence-electron chi connectivity index (χ0n) is 5.39. The van der Waals surface area contributed by atoms with Crippen LogP contribution in [0, 0.1) is 5.92 Å². The maximum Gasteiger partial charge on any atom is 0.181 e. The highest BCUT2D eigenvalue weighted by atomic mass is 16.8. The van der Waals surface area contributed by atoms with Gasteiger partial charge in [-0.2, -0.15) is 0 Å². The van der Waals surface area contributed by atoms with Gasteiger partial charge in [0.2, 0.25) is 0 Å². The van der Waals surface area contributed by atoms with Gasteiger partial charge in [-0.3, -0.25) is 0 Å². The molecule has 8 heavy (non-hydrogen) atoms. The molecule has 2 nitrogen and oxygen atoms in total. The first-order valence-corrected chi connectivity index (χ1v) is 3.02.